The SMILES string of the molecule is C=C(Cl)CNC(=O)c1cc(COC)on1. The molecule has 0 bridgehead atoms. The zero-order chi connectivity index (χ0) is 11.3. The van der Waals surface area contributed by atoms with E-state index in [0.29, 0.717) is 10.8 Å². The van der Waals surface area contributed by atoms with Gasteiger partial charge in [-0.15, -0.1) is 0 Å². The molecule has 6 heteroatoms. The van der Waals surface area contributed by atoms with Gasteiger partial charge in [0.15, 0.2) is 11.5 Å². The molecule has 0 unspecified atom stereocenters. The van der Waals surface area contributed by atoms with Crippen molar-refractivity contribution in [1.82, 2.24) is 10.5 Å². The van der Waals surface area contributed by atoms with E-state index >= 15 is 0 Å². The number of rotatable bonds is 5. The molecule has 0 aromatic carbocycles. The van der Waals surface area contributed by atoms with E-state index < -0.39 is 0 Å². The summed E-state index contributed by atoms with van der Waals surface area (Å²) in [5.41, 5.74) is 0.194. The second-order valence-electron chi connectivity index (χ2n) is 2.81. The third-order valence-corrected chi connectivity index (χ3v) is 1.65. The zero-order valence-electron chi connectivity index (χ0n) is 8.25. The lowest BCUT2D eigenvalue weighted by Crippen LogP contribution is -2.24. The van der Waals surface area contributed by atoms with Crippen LogP contribution in [0.1, 0.15) is 16.2 Å². The van der Waals surface area contributed by atoms with Gasteiger partial charge in [-0.25, -0.2) is 0 Å². The number of ether oxygens (including phenoxy) is 1. The molecule has 0 saturated carbocycles. The number of nitrogens with one attached hydrogen (secondary N) is 1. The molecular formula is C9H11ClN2O3. The molecule has 1 aromatic rings. The fraction of sp³-hybridized carbons (Fsp3) is 0.333. The normalized spacial score (nSPS) is 10.0. The molecule has 5 nitrogen and oxygen atoms in total. The molecule has 82 valence electrons. The highest BCUT2D eigenvalue weighted by Crippen LogP contribution is 2.04. The molecule has 1 heterocycles. The minimum absolute atomic E-state index is 0.194. The number of hydrogen-bond donors (Lipinski definition) is 1. The lowest BCUT2D eigenvalue weighted by molar-refractivity contribution is 0.0948. The van der Waals surface area contributed by atoms with E-state index in [1.807, 2.05) is 0 Å². The van der Waals surface area contributed by atoms with Crippen LogP contribution >= 0.6 is 11.6 Å². The Hall–Kier alpha value is -1.33. The molecule has 0 aliphatic rings. The number of carbonyl (C=O) groups is 1. The Morgan fingerprint density at radius 1 is 1.80 bits per heavy atom. The van der Waals surface area contributed by atoms with Crippen molar-refractivity contribution in [2.45, 2.75) is 6.61 Å². The van der Waals surface area contributed by atoms with Gasteiger partial charge < -0.3 is 14.6 Å². The summed E-state index contributed by atoms with van der Waals surface area (Å²) < 4.78 is 9.66. The highest BCUT2D eigenvalue weighted by molar-refractivity contribution is 6.29. The van der Waals surface area contributed by atoms with Crippen LogP contribution in [-0.2, 0) is 11.3 Å². The summed E-state index contributed by atoms with van der Waals surface area (Å²) in [7, 11) is 1.53. The van der Waals surface area contributed by atoms with Gasteiger partial charge in [-0.05, 0) is 0 Å². The van der Waals surface area contributed by atoms with Crippen molar-refractivity contribution in [1.29, 1.82) is 0 Å². The van der Waals surface area contributed by atoms with E-state index in [2.05, 4.69) is 17.1 Å². The maximum absolute atomic E-state index is 11.4. The van der Waals surface area contributed by atoms with Gasteiger partial charge in [-0.2, -0.15) is 0 Å². The van der Waals surface area contributed by atoms with E-state index in [9.17, 15) is 4.79 Å². The van der Waals surface area contributed by atoms with E-state index in [0.717, 1.165) is 0 Å². The van der Waals surface area contributed by atoms with Crippen molar-refractivity contribution >= 4 is 17.5 Å². The molecule has 0 aliphatic carbocycles. The number of aromatic nitrogens is 1. The van der Waals surface area contributed by atoms with Crippen LogP contribution in [0.2, 0.25) is 0 Å². The van der Waals surface area contributed by atoms with Crippen molar-refractivity contribution in [3.8, 4) is 0 Å². The Morgan fingerprint density at radius 2 is 2.53 bits per heavy atom. The summed E-state index contributed by atoms with van der Waals surface area (Å²) in [4.78, 5) is 11.4. The van der Waals surface area contributed by atoms with Crippen molar-refractivity contribution in [2.75, 3.05) is 13.7 Å². The van der Waals surface area contributed by atoms with Crippen LogP contribution in [0.3, 0.4) is 0 Å². The molecular weight excluding hydrogens is 220 g/mol. The van der Waals surface area contributed by atoms with Gasteiger partial charge in [0, 0.05) is 18.2 Å². The van der Waals surface area contributed by atoms with Crippen molar-refractivity contribution in [3.05, 3.63) is 29.1 Å². The van der Waals surface area contributed by atoms with E-state index in [4.69, 9.17) is 20.9 Å². The predicted octanol–water partition coefficient (Wildman–Crippen LogP) is 1.30. The molecule has 0 atom stereocenters. The topological polar surface area (TPSA) is 64.4 Å². The van der Waals surface area contributed by atoms with Gasteiger partial charge in [-0.1, -0.05) is 23.3 Å². The molecule has 15 heavy (non-hydrogen) atoms. The third-order valence-electron chi connectivity index (χ3n) is 1.52. The largest absolute Gasteiger partial charge is 0.377 e. The summed E-state index contributed by atoms with van der Waals surface area (Å²) in [6, 6.07) is 1.51. The predicted molar refractivity (Wildman–Crippen MR) is 54.5 cm³/mol. The summed E-state index contributed by atoms with van der Waals surface area (Å²) >= 11 is 5.49. The first-order chi connectivity index (χ1) is 7.13. The summed E-state index contributed by atoms with van der Waals surface area (Å²) in [5, 5.41) is 6.44. The molecule has 0 fully saturated rings. The average Bonchev–Trinajstić information content (AvgIpc) is 2.63. The van der Waals surface area contributed by atoms with Crippen LogP contribution in [0.4, 0.5) is 0 Å². The Balaban J connectivity index is 2.54. The molecule has 1 aromatic heterocycles. The average molecular weight is 231 g/mol. The smallest absolute Gasteiger partial charge is 0.273 e. The fourth-order valence-electron chi connectivity index (χ4n) is 0.897. The van der Waals surface area contributed by atoms with Crippen LogP contribution in [0.5, 0.6) is 0 Å². The first-order valence-corrected chi connectivity index (χ1v) is 4.57. The van der Waals surface area contributed by atoms with Crippen molar-refractivity contribution in [3.63, 3.8) is 0 Å². The second kappa shape index (κ2) is 5.53. The minimum atomic E-state index is -0.358. The Bertz CT molecular complexity index is 362. The number of amides is 1. The first kappa shape index (κ1) is 11.7. The summed E-state index contributed by atoms with van der Waals surface area (Å²) in [6.45, 7) is 3.92. The number of carbonyl (C=O) groups excluding carboxylic acids is 1. The van der Waals surface area contributed by atoms with Gasteiger partial charge in [0.05, 0.1) is 6.54 Å². The highest BCUT2D eigenvalue weighted by Gasteiger charge is 2.11. The van der Waals surface area contributed by atoms with Crippen LogP contribution in [0, 0.1) is 0 Å². The molecule has 1 N–H and O–H groups in total. The van der Waals surface area contributed by atoms with Crippen LogP contribution in [0.25, 0.3) is 0 Å². The molecule has 1 rings (SSSR count). The Labute approximate surface area is 92.0 Å². The van der Waals surface area contributed by atoms with Crippen LogP contribution in [-0.4, -0.2) is 24.7 Å². The maximum Gasteiger partial charge on any atom is 0.273 e. The number of halogens is 1. The third kappa shape index (κ3) is 3.73. The number of methoxy groups -OCH3 is 1. The van der Waals surface area contributed by atoms with Crippen molar-refractivity contribution in [2.24, 2.45) is 0 Å². The number of nitrogens with zero attached hydrogens (tertiary/aromatic N) is 1. The Morgan fingerprint density at radius 3 is 3.13 bits per heavy atom. The molecule has 0 saturated heterocycles. The molecule has 0 aliphatic heterocycles. The quantitative estimate of drug-likeness (QED) is 0.828. The maximum atomic E-state index is 11.4. The van der Waals surface area contributed by atoms with E-state index in [1.165, 1.54) is 13.2 Å². The van der Waals surface area contributed by atoms with E-state index in [1.54, 1.807) is 0 Å². The van der Waals surface area contributed by atoms with Gasteiger partial charge in [0.2, 0.25) is 0 Å². The lowest BCUT2D eigenvalue weighted by Gasteiger charge is -1.98. The summed E-state index contributed by atoms with van der Waals surface area (Å²) in [5.74, 6) is 0.134. The van der Waals surface area contributed by atoms with Crippen molar-refractivity contribution < 1.29 is 14.1 Å². The molecule has 0 radical (unpaired) electrons. The van der Waals surface area contributed by atoms with Gasteiger partial charge in [0.25, 0.3) is 5.91 Å². The van der Waals surface area contributed by atoms with Gasteiger partial charge >= 0.3 is 0 Å². The monoisotopic (exact) mass is 230 g/mol. The second-order valence-corrected chi connectivity index (χ2v) is 3.35. The standard InChI is InChI=1S/C9H11ClN2O3/c1-6(10)4-11-9(13)8-3-7(5-14-2)15-12-8/h3H,1,4-5H2,2H3,(H,11,13). The minimum Gasteiger partial charge on any atom is -0.377 e. The summed E-state index contributed by atoms with van der Waals surface area (Å²) in [6.07, 6.45) is 0. The lowest BCUT2D eigenvalue weighted by atomic mass is 10.3. The molecule has 1 amide bonds. The van der Waals surface area contributed by atoms with Gasteiger partial charge in [0.1, 0.15) is 6.61 Å². The first-order valence-electron chi connectivity index (χ1n) is 4.19. The fourth-order valence-corrected chi connectivity index (χ4v) is 0.964. The zero-order valence-corrected chi connectivity index (χ0v) is 9.00. The van der Waals surface area contributed by atoms with E-state index in [-0.39, 0.29) is 24.8 Å². The van der Waals surface area contributed by atoms with Crippen LogP contribution in [0.15, 0.2) is 22.2 Å². The number of hydrogen-bond acceptors (Lipinski definition) is 4. The molecule has 0 spiro atoms. The van der Waals surface area contributed by atoms with Crippen LogP contribution < -0.4 is 5.32 Å². The van der Waals surface area contributed by atoms with Gasteiger partial charge in [-0.3, -0.25) is 4.79 Å². The Kier molecular flexibility index (Phi) is 4.33. The highest BCUT2D eigenvalue weighted by atomic mass is 35.5.